The van der Waals surface area contributed by atoms with Gasteiger partial charge in [0.25, 0.3) is 0 Å². The van der Waals surface area contributed by atoms with E-state index in [1.807, 2.05) is 12.1 Å². The molecule has 0 unspecified atom stereocenters. The van der Waals surface area contributed by atoms with Gasteiger partial charge in [0.05, 0.1) is 0 Å². The van der Waals surface area contributed by atoms with Crippen molar-refractivity contribution in [2.45, 2.75) is 13.3 Å². The predicted molar refractivity (Wildman–Crippen MR) is 60.4 cm³/mol. The zero-order valence-corrected chi connectivity index (χ0v) is 8.70. The van der Waals surface area contributed by atoms with E-state index in [-0.39, 0.29) is 5.82 Å². The molecule has 0 N–H and O–H groups in total. The third-order valence-corrected chi connectivity index (χ3v) is 2.38. The van der Waals surface area contributed by atoms with Gasteiger partial charge in [-0.15, -0.1) is 0 Å². The quantitative estimate of drug-likeness (QED) is 0.693. The molecule has 0 aromatic heterocycles. The molecule has 0 saturated carbocycles. The van der Waals surface area contributed by atoms with Crippen LogP contribution in [0.1, 0.15) is 16.7 Å². The lowest BCUT2D eigenvalue weighted by molar-refractivity contribution is 0.626. The van der Waals surface area contributed by atoms with Gasteiger partial charge in [-0.25, -0.2) is 4.39 Å². The number of hydrogen-bond acceptors (Lipinski definition) is 0. The summed E-state index contributed by atoms with van der Waals surface area (Å²) in [5, 5.41) is 0. The largest absolute Gasteiger partial charge is 0.207 e. The first-order chi connectivity index (χ1) is 7.24. The Hall–Kier alpha value is -1.63. The van der Waals surface area contributed by atoms with Crippen molar-refractivity contribution in [2.75, 3.05) is 0 Å². The van der Waals surface area contributed by atoms with Crippen LogP contribution in [0.4, 0.5) is 4.39 Å². The van der Waals surface area contributed by atoms with E-state index in [2.05, 4.69) is 25.1 Å². The van der Waals surface area contributed by atoms with Crippen molar-refractivity contribution in [3.63, 3.8) is 0 Å². The standard InChI is InChI=1S/C14H13F/c1-11-4-2-5-12(8-11)9-13-6-3-7-14(15)10-13/h2-8,10H,9H2,1H3. The van der Waals surface area contributed by atoms with Crippen molar-refractivity contribution in [1.82, 2.24) is 0 Å². The summed E-state index contributed by atoms with van der Waals surface area (Å²) in [6, 6.07) is 15.1. The molecule has 0 fully saturated rings. The third kappa shape index (κ3) is 2.66. The second kappa shape index (κ2) is 4.26. The Bertz CT molecular complexity index is 417. The van der Waals surface area contributed by atoms with Gasteiger partial charge in [-0.1, -0.05) is 42.0 Å². The van der Waals surface area contributed by atoms with Gasteiger partial charge in [0.15, 0.2) is 0 Å². The molecular formula is C14H13F. The van der Waals surface area contributed by atoms with E-state index in [0.29, 0.717) is 0 Å². The number of rotatable bonds is 2. The van der Waals surface area contributed by atoms with Crippen molar-refractivity contribution in [3.8, 4) is 0 Å². The van der Waals surface area contributed by atoms with Crippen molar-refractivity contribution in [1.29, 1.82) is 0 Å². The molecule has 76 valence electrons. The lowest BCUT2D eigenvalue weighted by atomic mass is 10.0. The summed E-state index contributed by atoms with van der Waals surface area (Å²) in [5.74, 6) is -0.167. The molecule has 2 aromatic rings. The fourth-order valence-electron chi connectivity index (χ4n) is 1.70. The number of aryl methyl sites for hydroxylation is 1. The van der Waals surface area contributed by atoms with Gasteiger partial charge in [-0.05, 0) is 36.6 Å². The highest BCUT2D eigenvalue weighted by Crippen LogP contribution is 2.12. The van der Waals surface area contributed by atoms with Gasteiger partial charge in [0, 0.05) is 0 Å². The second-order valence-electron chi connectivity index (χ2n) is 3.80. The SMILES string of the molecule is Cc1cccc(Cc2cccc(F)c2)c1. The third-order valence-electron chi connectivity index (χ3n) is 2.38. The topological polar surface area (TPSA) is 0 Å². The molecule has 0 aliphatic heterocycles. The van der Waals surface area contributed by atoms with Crippen LogP contribution in [-0.2, 0) is 6.42 Å². The zero-order chi connectivity index (χ0) is 10.7. The molecule has 0 heterocycles. The Balaban J connectivity index is 2.22. The molecule has 1 heteroatoms. The van der Waals surface area contributed by atoms with Crippen LogP contribution in [-0.4, -0.2) is 0 Å². The van der Waals surface area contributed by atoms with Crippen LogP contribution < -0.4 is 0 Å². The van der Waals surface area contributed by atoms with E-state index >= 15 is 0 Å². The minimum Gasteiger partial charge on any atom is -0.207 e. The summed E-state index contributed by atoms with van der Waals surface area (Å²) in [7, 11) is 0. The predicted octanol–water partition coefficient (Wildman–Crippen LogP) is 3.72. The van der Waals surface area contributed by atoms with E-state index in [0.717, 1.165) is 12.0 Å². The van der Waals surface area contributed by atoms with Gasteiger partial charge in [-0.3, -0.25) is 0 Å². The molecule has 2 aromatic carbocycles. The Morgan fingerprint density at radius 2 is 1.60 bits per heavy atom. The molecule has 0 bridgehead atoms. The highest BCUT2D eigenvalue weighted by Gasteiger charge is 1.97. The van der Waals surface area contributed by atoms with Crippen LogP contribution >= 0.6 is 0 Å². The molecule has 0 radical (unpaired) electrons. The smallest absolute Gasteiger partial charge is 0.123 e. The normalized spacial score (nSPS) is 10.3. The van der Waals surface area contributed by atoms with Crippen molar-refractivity contribution in [3.05, 3.63) is 71.0 Å². The summed E-state index contributed by atoms with van der Waals surface area (Å²) < 4.78 is 12.9. The Kier molecular flexibility index (Phi) is 2.82. The molecule has 0 nitrogen and oxygen atoms in total. The van der Waals surface area contributed by atoms with E-state index in [4.69, 9.17) is 0 Å². The molecule has 2 rings (SSSR count). The number of halogens is 1. The van der Waals surface area contributed by atoms with Gasteiger partial charge < -0.3 is 0 Å². The first-order valence-electron chi connectivity index (χ1n) is 5.04. The zero-order valence-electron chi connectivity index (χ0n) is 8.70. The summed E-state index contributed by atoms with van der Waals surface area (Å²) in [6.07, 6.45) is 0.791. The maximum absolute atomic E-state index is 12.9. The first kappa shape index (κ1) is 9.91. The highest BCUT2D eigenvalue weighted by molar-refractivity contribution is 5.29. The van der Waals surface area contributed by atoms with Gasteiger partial charge in [0.2, 0.25) is 0 Å². The van der Waals surface area contributed by atoms with E-state index in [1.54, 1.807) is 12.1 Å². The molecule has 0 amide bonds. The van der Waals surface area contributed by atoms with Crippen molar-refractivity contribution >= 4 is 0 Å². The summed E-state index contributed by atoms with van der Waals surface area (Å²) in [4.78, 5) is 0. The maximum atomic E-state index is 12.9. The molecule has 0 atom stereocenters. The number of hydrogen-bond donors (Lipinski definition) is 0. The summed E-state index contributed by atoms with van der Waals surface area (Å²) in [5.41, 5.74) is 3.48. The fraction of sp³-hybridized carbons (Fsp3) is 0.143. The van der Waals surface area contributed by atoms with Crippen LogP contribution in [0.15, 0.2) is 48.5 Å². The van der Waals surface area contributed by atoms with E-state index in [9.17, 15) is 4.39 Å². The Morgan fingerprint density at radius 1 is 0.933 bits per heavy atom. The van der Waals surface area contributed by atoms with Crippen LogP contribution in [0, 0.1) is 12.7 Å². The maximum Gasteiger partial charge on any atom is 0.123 e. The van der Waals surface area contributed by atoms with Crippen LogP contribution in [0.25, 0.3) is 0 Å². The van der Waals surface area contributed by atoms with E-state index < -0.39 is 0 Å². The summed E-state index contributed by atoms with van der Waals surface area (Å²) >= 11 is 0. The molecule has 0 saturated heterocycles. The molecule has 0 aliphatic rings. The van der Waals surface area contributed by atoms with E-state index in [1.165, 1.54) is 17.2 Å². The first-order valence-corrected chi connectivity index (χ1v) is 5.04. The average Bonchev–Trinajstić information content (AvgIpc) is 2.17. The van der Waals surface area contributed by atoms with Gasteiger partial charge >= 0.3 is 0 Å². The Labute approximate surface area is 89.4 Å². The monoisotopic (exact) mass is 200 g/mol. The minimum absolute atomic E-state index is 0.167. The van der Waals surface area contributed by atoms with Crippen molar-refractivity contribution in [2.24, 2.45) is 0 Å². The number of benzene rings is 2. The Morgan fingerprint density at radius 3 is 2.27 bits per heavy atom. The highest BCUT2D eigenvalue weighted by atomic mass is 19.1. The van der Waals surface area contributed by atoms with Crippen LogP contribution in [0.5, 0.6) is 0 Å². The van der Waals surface area contributed by atoms with Gasteiger partial charge in [-0.2, -0.15) is 0 Å². The molecule has 0 aliphatic carbocycles. The minimum atomic E-state index is -0.167. The van der Waals surface area contributed by atoms with Gasteiger partial charge in [0.1, 0.15) is 5.82 Å². The average molecular weight is 200 g/mol. The van der Waals surface area contributed by atoms with Crippen LogP contribution in [0.2, 0.25) is 0 Å². The molecule has 15 heavy (non-hydrogen) atoms. The fourth-order valence-corrected chi connectivity index (χ4v) is 1.70. The molecular weight excluding hydrogens is 187 g/mol. The van der Waals surface area contributed by atoms with Crippen molar-refractivity contribution < 1.29 is 4.39 Å². The lowest BCUT2D eigenvalue weighted by Gasteiger charge is -2.03. The van der Waals surface area contributed by atoms with Crippen LogP contribution in [0.3, 0.4) is 0 Å². The summed E-state index contributed by atoms with van der Waals surface area (Å²) in [6.45, 7) is 2.06. The molecule has 0 spiro atoms. The second-order valence-corrected chi connectivity index (χ2v) is 3.80. The lowest BCUT2D eigenvalue weighted by Crippen LogP contribution is -1.89.